The SMILES string of the molecule is CCc1cc(N2CCC(NC(=O)c3ccc(C(F)(F)F)nc3)CC2)ncn1. The summed E-state index contributed by atoms with van der Waals surface area (Å²) in [6, 6.07) is 3.89. The van der Waals surface area contributed by atoms with Gasteiger partial charge in [-0.1, -0.05) is 6.92 Å². The van der Waals surface area contributed by atoms with Crippen molar-refractivity contribution in [3.8, 4) is 0 Å². The van der Waals surface area contributed by atoms with Gasteiger partial charge in [-0.25, -0.2) is 9.97 Å². The van der Waals surface area contributed by atoms with E-state index >= 15 is 0 Å². The molecule has 0 bridgehead atoms. The van der Waals surface area contributed by atoms with Crippen LogP contribution < -0.4 is 10.2 Å². The number of alkyl halides is 3. The minimum Gasteiger partial charge on any atom is -0.356 e. The maximum Gasteiger partial charge on any atom is 0.433 e. The van der Waals surface area contributed by atoms with Crippen molar-refractivity contribution in [3.63, 3.8) is 0 Å². The smallest absolute Gasteiger partial charge is 0.356 e. The number of nitrogens with zero attached hydrogens (tertiary/aromatic N) is 4. The van der Waals surface area contributed by atoms with E-state index in [0.717, 1.165) is 62.2 Å². The fourth-order valence-corrected chi connectivity index (χ4v) is 2.97. The number of piperidine rings is 1. The van der Waals surface area contributed by atoms with E-state index in [1.807, 2.05) is 13.0 Å². The van der Waals surface area contributed by atoms with E-state index in [4.69, 9.17) is 0 Å². The third kappa shape index (κ3) is 4.72. The molecule has 1 saturated heterocycles. The number of hydrogen-bond donors (Lipinski definition) is 1. The van der Waals surface area contributed by atoms with Crippen molar-refractivity contribution in [2.24, 2.45) is 0 Å². The molecule has 0 spiro atoms. The van der Waals surface area contributed by atoms with E-state index in [-0.39, 0.29) is 11.6 Å². The molecule has 0 atom stereocenters. The Morgan fingerprint density at radius 1 is 1.22 bits per heavy atom. The Morgan fingerprint density at radius 3 is 2.56 bits per heavy atom. The molecule has 3 heterocycles. The van der Waals surface area contributed by atoms with Gasteiger partial charge >= 0.3 is 6.18 Å². The molecule has 1 aliphatic heterocycles. The lowest BCUT2D eigenvalue weighted by Crippen LogP contribution is -2.45. The zero-order valence-corrected chi connectivity index (χ0v) is 14.8. The average Bonchev–Trinajstić information content (AvgIpc) is 2.68. The van der Waals surface area contributed by atoms with E-state index in [1.54, 1.807) is 6.33 Å². The standard InChI is InChI=1S/C18H20F3N5O/c1-2-13-9-16(24-11-23-13)26-7-5-14(6-8-26)25-17(27)12-3-4-15(22-10-12)18(19,20)21/h3-4,9-11,14H,2,5-8H2,1H3,(H,25,27). The molecule has 3 rings (SSSR count). The lowest BCUT2D eigenvalue weighted by molar-refractivity contribution is -0.141. The molecule has 6 nitrogen and oxygen atoms in total. The van der Waals surface area contributed by atoms with Crippen LogP contribution in [-0.4, -0.2) is 40.0 Å². The summed E-state index contributed by atoms with van der Waals surface area (Å²) in [7, 11) is 0. The van der Waals surface area contributed by atoms with Gasteiger partial charge in [0.2, 0.25) is 0 Å². The summed E-state index contributed by atoms with van der Waals surface area (Å²) >= 11 is 0. The summed E-state index contributed by atoms with van der Waals surface area (Å²) in [6.07, 6.45) is 0.292. The first-order valence-corrected chi connectivity index (χ1v) is 8.77. The first-order chi connectivity index (χ1) is 12.9. The van der Waals surface area contributed by atoms with Crippen LogP contribution in [0, 0.1) is 0 Å². The number of carbonyl (C=O) groups is 1. The van der Waals surface area contributed by atoms with Gasteiger partial charge in [0.15, 0.2) is 0 Å². The molecule has 0 unspecified atom stereocenters. The van der Waals surface area contributed by atoms with Crippen molar-refractivity contribution in [2.75, 3.05) is 18.0 Å². The number of aromatic nitrogens is 3. The molecule has 9 heteroatoms. The first-order valence-electron chi connectivity index (χ1n) is 8.77. The van der Waals surface area contributed by atoms with Crippen molar-refractivity contribution in [3.05, 3.63) is 47.7 Å². The summed E-state index contributed by atoms with van der Waals surface area (Å²) in [4.78, 5) is 26.2. The Balaban J connectivity index is 1.55. The zero-order chi connectivity index (χ0) is 19.4. The van der Waals surface area contributed by atoms with Gasteiger partial charge in [-0.2, -0.15) is 13.2 Å². The van der Waals surface area contributed by atoms with Gasteiger partial charge in [0.1, 0.15) is 17.8 Å². The summed E-state index contributed by atoms with van der Waals surface area (Å²) in [5, 5.41) is 2.87. The highest BCUT2D eigenvalue weighted by Crippen LogP contribution is 2.27. The molecule has 1 amide bonds. The molecular formula is C18H20F3N5O. The van der Waals surface area contributed by atoms with Gasteiger partial charge in [0.05, 0.1) is 5.56 Å². The number of anilines is 1. The van der Waals surface area contributed by atoms with Gasteiger partial charge in [-0.05, 0) is 31.4 Å². The average molecular weight is 379 g/mol. The van der Waals surface area contributed by atoms with Crippen molar-refractivity contribution in [2.45, 2.75) is 38.4 Å². The van der Waals surface area contributed by atoms with Gasteiger partial charge in [0.25, 0.3) is 5.91 Å². The number of halogens is 3. The monoisotopic (exact) mass is 379 g/mol. The quantitative estimate of drug-likeness (QED) is 0.885. The van der Waals surface area contributed by atoms with Crippen LogP contribution >= 0.6 is 0 Å². The summed E-state index contributed by atoms with van der Waals surface area (Å²) in [5.74, 6) is 0.462. The second-order valence-electron chi connectivity index (χ2n) is 6.39. The molecule has 1 aliphatic rings. The maximum absolute atomic E-state index is 12.5. The van der Waals surface area contributed by atoms with Gasteiger partial charge in [-0.15, -0.1) is 0 Å². The Hall–Kier alpha value is -2.71. The molecule has 2 aromatic heterocycles. The van der Waals surface area contributed by atoms with Crippen molar-refractivity contribution in [1.82, 2.24) is 20.3 Å². The Morgan fingerprint density at radius 2 is 1.96 bits per heavy atom. The summed E-state index contributed by atoms with van der Waals surface area (Å²) in [5.41, 5.74) is 0.0858. The van der Waals surface area contributed by atoms with Gasteiger partial charge < -0.3 is 10.2 Å². The topological polar surface area (TPSA) is 71.0 Å². The highest BCUT2D eigenvalue weighted by molar-refractivity contribution is 5.94. The molecule has 0 aromatic carbocycles. The fraction of sp³-hybridized carbons (Fsp3) is 0.444. The molecular weight excluding hydrogens is 359 g/mol. The lowest BCUT2D eigenvalue weighted by atomic mass is 10.0. The number of carbonyl (C=O) groups excluding carboxylic acids is 1. The fourth-order valence-electron chi connectivity index (χ4n) is 2.97. The molecule has 2 aromatic rings. The Labute approximate surface area is 154 Å². The maximum atomic E-state index is 12.5. The predicted molar refractivity (Wildman–Crippen MR) is 93.4 cm³/mol. The Bertz CT molecular complexity index is 786. The van der Waals surface area contributed by atoms with Crippen LogP contribution in [0.1, 0.15) is 41.5 Å². The zero-order valence-electron chi connectivity index (χ0n) is 14.8. The molecule has 0 aliphatic carbocycles. The van der Waals surface area contributed by atoms with Gasteiger partial charge in [-0.3, -0.25) is 9.78 Å². The van der Waals surface area contributed by atoms with E-state index in [2.05, 4.69) is 25.2 Å². The van der Waals surface area contributed by atoms with E-state index < -0.39 is 17.8 Å². The third-order valence-electron chi connectivity index (χ3n) is 4.54. The number of nitrogens with one attached hydrogen (secondary N) is 1. The minimum absolute atomic E-state index is 0.0384. The second-order valence-corrected chi connectivity index (χ2v) is 6.39. The predicted octanol–water partition coefficient (Wildman–Crippen LogP) is 2.85. The minimum atomic E-state index is -4.51. The van der Waals surface area contributed by atoms with Crippen molar-refractivity contribution in [1.29, 1.82) is 0 Å². The molecule has 1 N–H and O–H groups in total. The highest BCUT2D eigenvalue weighted by atomic mass is 19.4. The number of rotatable bonds is 4. The van der Waals surface area contributed by atoms with Crippen molar-refractivity contribution >= 4 is 11.7 Å². The van der Waals surface area contributed by atoms with Crippen LogP contribution in [0.3, 0.4) is 0 Å². The lowest BCUT2D eigenvalue weighted by Gasteiger charge is -2.33. The van der Waals surface area contributed by atoms with Crippen LogP contribution in [0.2, 0.25) is 0 Å². The van der Waals surface area contributed by atoms with Gasteiger partial charge in [0, 0.05) is 37.1 Å². The van der Waals surface area contributed by atoms with Crippen LogP contribution in [-0.2, 0) is 12.6 Å². The summed E-state index contributed by atoms with van der Waals surface area (Å²) in [6.45, 7) is 3.50. The van der Waals surface area contributed by atoms with Crippen LogP contribution in [0.5, 0.6) is 0 Å². The molecule has 144 valence electrons. The second kappa shape index (κ2) is 7.89. The normalized spacial score (nSPS) is 15.6. The Kier molecular flexibility index (Phi) is 5.57. The first kappa shape index (κ1) is 19.1. The number of hydrogen-bond acceptors (Lipinski definition) is 5. The third-order valence-corrected chi connectivity index (χ3v) is 4.54. The van der Waals surface area contributed by atoms with Crippen LogP contribution in [0.25, 0.3) is 0 Å². The molecule has 1 fully saturated rings. The van der Waals surface area contributed by atoms with Crippen LogP contribution in [0.15, 0.2) is 30.7 Å². The number of amides is 1. The van der Waals surface area contributed by atoms with E-state index in [1.165, 1.54) is 0 Å². The van der Waals surface area contributed by atoms with E-state index in [9.17, 15) is 18.0 Å². The van der Waals surface area contributed by atoms with Crippen molar-refractivity contribution < 1.29 is 18.0 Å². The van der Waals surface area contributed by atoms with E-state index in [0.29, 0.717) is 0 Å². The molecule has 0 radical (unpaired) electrons. The highest BCUT2D eigenvalue weighted by Gasteiger charge is 2.32. The number of pyridine rings is 1. The van der Waals surface area contributed by atoms with Crippen LogP contribution in [0.4, 0.5) is 19.0 Å². The summed E-state index contributed by atoms with van der Waals surface area (Å²) < 4.78 is 37.6. The molecule has 27 heavy (non-hydrogen) atoms. The number of aryl methyl sites for hydroxylation is 1. The molecule has 0 saturated carbocycles. The largest absolute Gasteiger partial charge is 0.433 e.